The zero-order valence-electron chi connectivity index (χ0n) is 16.9. The van der Waals surface area contributed by atoms with Gasteiger partial charge in [0.05, 0.1) is 21.8 Å². The Kier molecular flexibility index (Phi) is 7.05. The first-order valence-electron chi connectivity index (χ1n) is 9.27. The molecule has 0 heterocycles. The van der Waals surface area contributed by atoms with Gasteiger partial charge < -0.3 is 20.1 Å². The Morgan fingerprint density at radius 2 is 1.77 bits per heavy atom. The highest BCUT2D eigenvalue weighted by atomic mass is 35.5. The van der Waals surface area contributed by atoms with Crippen LogP contribution in [0.15, 0.2) is 60.7 Å². The number of carbonyl (C=O) groups excluding carboxylic acids is 1. The van der Waals surface area contributed by atoms with Gasteiger partial charge in [0, 0.05) is 24.8 Å². The van der Waals surface area contributed by atoms with Crippen molar-refractivity contribution in [2.24, 2.45) is 0 Å². The topological polar surface area (TPSA) is 78.9 Å². The lowest BCUT2D eigenvalue weighted by molar-refractivity contribution is 0.0697. The Morgan fingerprint density at radius 3 is 2.45 bits per heavy atom. The first kappa shape index (κ1) is 22.5. The fraction of sp³-hybridized carbons (Fsp3) is 0.130. The number of amides is 1. The number of halogens is 2. The van der Waals surface area contributed by atoms with Gasteiger partial charge in [-0.15, -0.1) is 0 Å². The molecule has 0 fully saturated rings. The van der Waals surface area contributed by atoms with E-state index in [9.17, 15) is 14.7 Å². The maximum atomic E-state index is 12.5. The third-order valence-corrected chi connectivity index (χ3v) is 5.03. The maximum Gasteiger partial charge on any atom is 0.337 e. The van der Waals surface area contributed by atoms with Crippen LogP contribution in [0.1, 0.15) is 26.3 Å². The molecule has 160 valence electrons. The molecule has 0 aliphatic carbocycles. The minimum Gasteiger partial charge on any atom is -0.489 e. The van der Waals surface area contributed by atoms with Gasteiger partial charge in [-0.3, -0.25) is 4.79 Å². The smallest absolute Gasteiger partial charge is 0.337 e. The van der Waals surface area contributed by atoms with Gasteiger partial charge >= 0.3 is 5.97 Å². The van der Waals surface area contributed by atoms with Crippen LogP contribution in [-0.2, 0) is 6.61 Å². The third kappa shape index (κ3) is 5.69. The van der Waals surface area contributed by atoms with Gasteiger partial charge in [-0.25, -0.2) is 4.79 Å². The van der Waals surface area contributed by atoms with Crippen LogP contribution < -0.4 is 15.0 Å². The number of aromatic carboxylic acids is 1. The van der Waals surface area contributed by atoms with Gasteiger partial charge in [0.15, 0.2) is 0 Å². The lowest BCUT2D eigenvalue weighted by Crippen LogP contribution is -2.15. The summed E-state index contributed by atoms with van der Waals surface area (Å²) in [6.45, 7) is 0.271. The van der Waals surface area contributed by atoms with Gasteiger partial charge in [-0.05, 0) is 54.1 Å². The van der Waals surface area contributed by atoms with E-state index in [1.807, 2.05) is 43.3 Å². The van der Waals surface area contributed by atoms with Gasteiger partial charge in [-0.1, -0.05) is 35.3 Å². The van der Waals surface area contributed by atoms with Crippen LogP contribution in [0.25, 0.3) is 0 Å². The molecule has 8 heteroatoms. The highest BCUT2D eigenvalue weighted by Crippen LogP contribution is 2.26. The largest absolute Gasteiger partial charge is 0.489 e. The summed E-state index contributed by atoms with van der Waals surface area (Å²) in [5.41, 5.74) is 2.19. The van der Waals surface area contributed by atoms with Gasteiger partial charge in [-0.2, -0.15) is 0 Å². The predicted molar refractivity (Wildman–Crippen MR) is 123 cm³/mol. The number of carbonyl (C=O) groups is 2. The molecule has 3 rings (SSSR count). The number of anilines is 2. The summed E-state index contributed by atoms with van der Waals surface area (Å²) in [4.78, 5) is 26.3. The van der Waals surface area contributed by atoms with Crippen LogP contribution in [0.4, 0.5) is 11.4 Å². The van der Waals surface area contributed by atoms with Crippen LogP contribution in [0.2, 0.25) is 10.0 Å². The number of carboxylic acids is 1. The fourth-order valence-corrected chi connectivity index (χ4v) is 3.35. The van der Waals surface area contributed by atoms with Crippen molar-refractivity contribution < 1.29 is 19.4 Å². The Bertz CT molecular complexity index is 1130. The average Bonchev–Trinajstić information content (AvgIpc) is 2.72. The van der Waals surface area contributed by atoms with Crippen molar-refractivity contribution in [3.8, 4) is 5.75 Å². The SMILES string of the molecule is CN(C)c1cccc(COc2ccc(NC(=O)c3ccc(Cl)cc3Cl)c(C(=O)O)c2)c1. The van der Waals surface area contributed by atoms with Crippen molar-refractivity contribution >= 4 is 46.5 Å². The molecule has 31 heavy (non-hydrogen) atoms. The monoisotopic (exact) mass is 458 g/mol. The number of benzene rings is 3. The van der Waals surface area contributed by atoms with Crippen molar-refractivity contribution in [1.29, 1.82) is 0 Å². The number of rotatable bonds is 7. The molecule has 0 saturated carbocycles. The van der Waals surface area contributed by atoms with E-state index >= 15 is 0 Å². The average molecular weight is 459 g/mol. The Balaban J connectivity index is 1.77. The van der Waals surface area contributed by atoms with Gasteiger partial charge in [0.2, 0.25) is 0 Å². The highest BCUT2D eigenvalue weighted by molar-refractivity contribution is 6.37. The number of carboxylic acid groups (broad SMARTS) is 1. The number of hydrogen-bond donors (Lipinski definition) is 2. The van der Waals surface area contributed by atoms with E-state index in [2.05, 4.69) is 5.32 Å². The molecule has 0 aliphatic rings. The predicted octanol–water partition coefficient (Wildman–Crippen LogP) is 5.59. The molecule has 6 nitrogen and oxygen atoms in total. The van der Waals surface area contributed by atoms with E-state index in [0.29, 0.717) is 10.8 Å². The van der Waals surface area contributed by atoms with Crippen molar-refractivity contribution in [2.75, 3.05) is 24.3 Å². The summed E-state index contributed by atoms with van der Waals surface area (Å²) >= 11 is 11.9. The summed E-state index contributed by atoms with van der Waals surface area (Å²) < 4.78 is 5.76. The quantitative estimate of drug-likeness (QED) is 0.482. The molecule has 1 amide bonds. The van der Waals surface area contributed by atoms with E-state index in [0.717, 1.165) is 11.3 Å². The van der Waals surface area contributed by atoms with E-state index in [1.165, 1.54) is 30.3 Å². The van der Waals surface area contributed by atoms with Crippen molar-refractivity contribution in [3.05, 3.63) is 87.4 Å². The molecule has 0 aliphatic heterocycles. The third-order valence-electron chi connectivity index (χ3n) is 4.48. The fourth-order valence-electron chi connectivity index (χ4n) is 2.85. The van der Waals surface area contributed by atoms with Crippen molar-refractivity contribution in [2.45, 2.75) is 6.61 Å². The zero-order valence-corrected chi connectivity index (χ0v) is 18.4. The van der Waals surface area contributed by atoms with E-state index in [1.54, 1.807) is 6.07 Å². The zero-order chi connectivity index (χ0) is 22.5. The van der Waals surface area contributed by atoms with E-state index in [-0.39, 0.29) is 28.4 Å². The van der Waals surface area contributed by atoms with Gasteiger partial charge in [0.25, 0.3) is 5.91 Å². The number of nitrogens with one attached hydrogen (secondary N) is 1. The van der Waals surface area contributed by atoms with Crippen LogP contribution >= 0.6 is 23.2 Å². The second-order valence-electron chi connectivity index (χ2n) is 6.94. The number of hydrogen-bond acceptors (Lipinski definition) is 4. The highest BCUT2D eigenvalue weighted by Gasteiger charge is 2.17. The lowest BCUT2D eigenvalue weighted by Gasteiger charge is -2.15. The second-order valence-corrected chi connectivity index (χ2v) is 7.79. The molecule has 0 spiro atoms. The first-order valence-corrected chi connectivity index (χ1v) is 10.0. The molecule has 2 N–H and O–H groups in total. The van der Waals surface area contributed by atoms with Crippen LogP contribution in [-0.4, -0.2) is 31.1 Å². The molecule has 0 radical (unpaired) electrons. The minimum atomic E-state index is -1.20. The molecular formula is C23H20Cl2N2O4. The molecule has 0 aromatic heterocycles. The molecular weight excluding hydrogens is 439 g/mol. The van der Waals surface area contributed by atoms with E-state index in [4.69, 9.17) is 27.9 Å². The van der Waals surface area contributed by atoms with Gasteiger partial charge in [0.1, 0.15) is 12.4 Å². The molecule has 0 saturated heterocycles. The van der Waals surface area contributed by atoms with Crippen LogP contribution in [0.3, 0.4) is 0 Å². The Labute approximate surface area is 190 Å². The summed E-state index contributed by atoms with van der Waals surface area (Å²) in [5, 5.41) is 12.7. The first-order chi connectivity index (χ1) is 14.7. The summed E-state index contributed by atoms with van der Waals surface area (Å²) in [6, 6.07) is 16.7. The molecule has 0 atom stereocenters. The summed E-state index contributed by atoms with van der Waals surface area (Å²) in [7, 11) is 3.90. The van der Waals surface area contributed by atoms with Crippen molar-refractivity contribution in [3.63, 3.8) is 0 Å². The molecule has 0 unspecified atom stereocenters. The van der Waals surface area contributed by atoms with Crippen molar-refractivity contribution in [1.82, 2.24) is 0 Å². The van der Waals surface area contributed by atoms with Crippen LogP contribution in [0.5, 0.6) is 5.75 Å². The van der Waals surface area contributed by atoms with E-state index < -0.39 is 11.9 Å². The minimum absolute atomic E-state index is 0.0991. The standard InChI is InChI=1S/C23H20Cl2N2O4/c1-27(2)16-5-3-4-14(10-16)13-31-17-7-9-21(19(12-17)23(29)30)26-22(28)18-8-6-15(24)11-20(18)25/h3-12H,13H2,1-2H3,(H,26,28)(H,29,30). The Morgan fingerprint density at radius 1 is 1.00 bits per heavy atom. The summed E-state index contributed by atoms with van der Waals surface area (Å²) in [6.07, 6.45) is 0. The molecule has 3 aromatic carbocycles. The second kappa shape index (κ2) is 9.73. The van der Waals surface area contributed by atoms with Crippen LogP contribution in [0, 0.1) is 0 Å². The Hall–Kier alpha value is -3.22. The maximum absolute atomic E-state index is 12.5. The lowest BCUT2D eigenvalue weighted by atomic mass is 10.1. The normalized spacial score (nSPS) is 10.5. The molecule has 3 aromatic rings. The number of ether oxygens (including phenoxy) is 1. The molecule has 0 bridgehead atoms. The number of nitrogens with zero attached hydrogens (tertiary/aromatic N) is 1. The summed E-state index contributed by atoms with van der Waals surface area (Å²) in [5.74, 6) is -1.37.